The van der Waals surface area contributed by atoms with Crippen molar-refractivity contribution in [1.82, 2.24) is 15.1 Å². The fraction of sp³-hybridized carbons (Fsp3) is 0.645. The van der Waals surface area contributed by atoms with Crippen LogP contribution in [0.3, 0.4) is 0 Å². The molecule has 0 radical (unpaired) electrons. The largest absolute Gasteiger partial charge is 0.444 e. The highest BCUT2D eigenvalue weighted by molar-refractivity contribution is 6.06. The molecule has 1 aromatic rings. The van der Waals surface area contributed by atoms with Gasteiger partial charge in [0.2, 0.25) is 17.7 Å². The second-order valence-corrected chi connectivity index (χ2v) is 11.9. The van der Waals surface area contributed by atoms with Gasteiger partial charge in [-0.2, -0.15) is 0 Å². The van der Waals surface area contributed by atoms with E-state index in [0.717, 1.165) is 0 Å². The summed E-state index contributed by atoms with van der Waals surface area (Å²) in [6, 6.07) is 4.29. The van der Waals surface area contributed by atoms with E-state index in [-0.39, 0.29) is 89.7 Å². The quantitative estimate of drug-likeness (QED) is 0.0677. The topological polar surface area (TPSA) is 211 Å². The molecule has 1 saturated heterocycles. The Hall–Kier alpha value is -4.28. The number of hydrogen-bond acceptors (Lipinski definition) is 11. The van der Waals surface area contributed by atoms with Gasteiger partial charge in [0.15, 0.2) is 0 Å². The van der Waals surface area contributed by atoms with E-state index in [1.54, 1.807) is 39.0 Å². The molecule has 2 aliphatic rings. The zero-order valence-electron chi connectivity index (χ0n) is 27.7. The van der Waals surface area contributed by atoms with Crippen LogP contribution in [0.1, 0.15) is 56.0 Å². The van der Waals surface area contributed by atoms with Gasteiger partial charge in [-0.25, -0.2) is 4.79 Å². The standard InChI is InChI=1S/C31H45N7O10/c1-31(2,3)48-30(43)37(11-15-45-14-10-33-36-32)12-16-46-18-20-47-19-17-44-13-9-27(40)34-24-6-4-5-22-23(24)21-38(29(22)42)25-7-8-26(39)35-28(25)41/h4-6,25H,7-21H2,1-3H3,(H,34,40)(H,35,39,41). The normalized spacial score (nSPS) is 15.9. The number of anilines is 1. The minimum atomic E-state index is -0.734. The highest BCUT2D eigenvalue weighted by Crippen LogP contribution is 2.32. The molecule has 264 valence electrons. The number of fused-ring (bicyclic) bond motifs is 1. The molecular weight excluding hydrogens is 630 g/mol. The van der Waals surface area contributed by atoms with Crippen molar-refractivity contribution in [2.24, 2.45) is 5.11 Å². The maximum absolute atomic E-state index is 13.0. The number of benzene rings is 1. The molecule has 17 nitrogen and oxygen atoms in total. The molecule has 2 heterocycles. The third kappa shape index (κ3) is 12.7. The molecule has 0 aromatic heterocycles. The summed E-state index contributed by atoms with van der Waals surface area (Å²) in [5, 5.41) is 8.50. The number of nitrogens with one attached hydrogen (secondary N) is 2. The number of rotatable bonds is 20. The monoisotopic (exact) mass is 675 g/mol. The predicted octanol–water partition coefficient (Wildman–Crippen LogP) is 2.39. The van der Waals surface area contributed by atoms with Crippen molar-refractivity contribution in [1.29, 1.82) is 0 Å². The van der Waals surface area contributed by atoms with Crippen molar-refractivity contribution in [3.8, 4) is 0 Å². The van der Waals surface area contributed by atoms with Crippen molar-refractivity contribution in [3.05, 3.63) is 39.8 Å². The number of ether oxygens (including phenoxy) is 5. The predicted molar refractivity (Wildman–Crippen MR) is 171 cm³/mol. The maximum atomic E-state index is 13.0. The van der Waals surface area contributed by atoms with E-state index >= 15 is 0 Å². The Labute approximate surface area is 279 Å². The number of amides is 5. The first-order valence-electron chi connectivity index (χ1n) is 15.9. The lowest BCUT2D eigenvalue weighted by Crippen LogP contribution is -2.52. The minimum Gasteiger partial charge on any atom is -0.444 e. The summed E-state index contributed by atoms with van der Waals surface area (Å²) in [7, 11) is 0. The van der Waals surface area contributed by atoms with Crippen LogP contribution in [0.15, 0.2) is 23.3 Å². The van der Waals surface area contributed by atoms with Crippen LogP contribution >= 0.6 is 0 Å². The Kier molecular flexibility index (Phi) is 15.5. The molecular formula is C31H45N7O10. The molecule has 0 saturated carbocycles. The number of azide groups is 1. The summed E-state index contributed by atoms with van der Waals surface area (Å²) >= 11 is 0. The van der Waals surface area contributed by atoms with Crippen LogP contribution in [-0.2, 0) is 44.6 Å². The van der Waals surface area contributed by atoms with Crippen LogP contribution in [0.25, 0.3) is 10.4 Å². The van der Waals surface area contributed by atoms with Gasteiger partial charge in [0.05, 0.1) is 59.3 Å². The summed E-state index contributed by atoms with van der Waals surface area (Å²) in [5.41, 5.74) is 9.21. The molecule has 48 heavy (non-hydrogen) atoms. The van der Waals surface area contributed by atoms with Crippen molar-refractivity contribution in [3.63, 3.8) is 0 Å². The molecule has 1 aromatic carbocycles. The molecule has 0 aliphatic carbocycles. The van der Waals surface area contributed by atoms with E-state index in [4.69, 9.17) is 29.2 Å². The van der Waals surface area contributed by atoms with Crippen LogP contribution in [0, 0.1) is 0 Å². The second kappa shape index (κ2) is 19.5. The van der Waals surface area contributed by atoms with Gasteiger partial charge < -0.3 is 38.8 Å². The average Bonchev–Trinajstić information content (AvgIpc) is 3.36. The van der Waals surface area contributed by atoms with Crippen molar-refractivity contribution < 1.29 is 47.7 Å². The fourth-order valence-electron chi connectivity index (χ4n) is 4.84. The van der Waals surface area contributed by atoms with Gasteiger partial charge in [0.25, 0.3) is 5.91 Å². The van der Waals surface area contributed by atoms with Crippen molar-refractivity contribution in [2.45, 2.75) is 58.2 Å². The fourth-order valence-corrected chi connectivity index (χ4v) is 4.84. The SMILES string of the molecule is CC(C)(C)OC(=O)N(CCOCCN=[N+]=[N-])CCOCCOCCOCCC(=O)Nc1cccc2c1CN(C1CCC(=O)NC1=O)C2=O. The number of hydrogen-bond donors (Lipinski definition) is 2. The number of imide groups is 1. The molecule has 2 aliphatic heterocycles. The van der Waals surface area contributed by atoms with Gasteiger partial charge in [0.1, 0.15) is 11.6 Å². The average molecular weight is 676 g/mol. The van der Waals surface area contributed by atoms with Crippen LogP contribution < -0.4 is 10.6 Å². The Balaban J connectivity index is 1.27. The van der Waals surface area contributed by atoms with E-state index in [1.165, 1.54) is 9.80 Å². The molecule has 3 rings (SSSR count). The molecule has 1 fully saturated rings. The zero-order chi connectivity index (χ0) is 34.9. The molecule has 1 atom stereocenters. The van der Waals surface area contributed by atoms with E-state index in [0.29, 0.717) is 43.2 Å². The summed E-state index contributed by atoms with van der Waals surface area (Å²) in [6.45, 7) is 8.43. The van der Waals surface area contributed by atoms with Gasteiger partial charge in [-0.05, 0) is 44.9 Å². The highest BCUT2D eigenvalue weighted by Gasteiger charge is 2.40. The summed E-state index contributed by atoms with van der Waals surface area (Å²) in [5.74, 6) is -1.44. The second-order valence-electron chi connectivity index (χ2n) is 11.9. The van der Waals surface area contributed by atoms with Gasteiger partial charge >= 0.3 is 6.09 Å². The summed E-state index contributed by atoms with van der Waals surface area (Å²) in [4.78, 5) is 67.5. The highest BCUT2D eigenvalue weighted by atomic mass is 16.6. The molecule has 0 bridgehead atoms. The van der Waals surface area contributed by atoms with Crippen LogP contribution in [0.2, 0.25) is 0 Å². The molecule has 17 heteroatoms. The lowest BCUT2D eigenvalue weighted by atomic mass is 10.0. The first-order valence-corrected chi connectivity index (χ1v) is 15.9. The van der Waals surface area contributed by atoms with Crippen molar-refractivity contribution in [2.75, 3.05) is 77.8 Å². The van der Waals surface area contributed by atoms with Gasteiger partial charge in [0, 0.05) is 54.3 Å². The Morgan fingerprint density at radius 1 is 1.00 bits per heavy atom. The summed E-state index contributed by atoms with van der Waals surface area (Å²) < 4.78 is 27.4. The Morgan fingerprint density at radius 2 is 1.65 bits per heavy atom. The first kappa shape index (κ1) is 38.2. The van der Waals surface area contributed by atoms with Crippen LogP contribution in [-0.4, -0.2) is 124 Å². The van der Waals surface area contributed by atoms with E-state index < -0.39 is 23.6 Å². The Bertz CT molecular complexity index is 1330. The number of carbonyl (C=O) groups is 5. The van der Waals surface area contributed by atoms with Gasteiger partial charge in [-0.1, -0.05) is 11.2 Å². The Morgan fingerprint density at radius 3 is 2.29 bits per heavy atom. The van der Waals surface area contributed by atoms with E-state index in [2.05, 4.69) is 20.7 Å². The third-order valence-electron chi connectivity index (χ3n) is 7.14. The molecule has 1 unspecified atom stereocenters. The maximum Gasteiger partial charge on any atom is 0.410 e. The number of carbonyl (C=O) groups excluding carboxylic acids is 5. The first-order chi connectivity index (χ1) is 23.0. The number of nitrogens with zero attached hydrogens (tertiary/aromatic N) is 5. The molecule has 2 N–H and O–H groups in total. The van der Waals surface area contributed by atoms with E-state index in [9.17, 15) is 24.0 Å². The van der Waals surface area contributed by atoms with Gasteiger partial charge in [-0.15, -0.1) is 0 Å². The van der Waals surface area contributed by atoms with Crippen LogP contribution in [0.5, 0.6) is 0 Å². The van der Waals surface area contributed by atoms with Crippen LogP contribution in [0.4, 0.5) is 10.5 Å². The molecule has 0 spiro atoms. The van der Waals surface area contributed by atoms with E-state index in [1.807, 2.05) is 0 Å². The van der Waals surface area contributed by atoms with Crippen molar-refractivity contribution >= 4 is 35.4 Å². The summed E-state index contributed by atoms with van der Waals surface area (Å²) in [6.07, 6.45) is 0.0291. The molecule has 5 amide bonds. The minimum absolute atomic E-state index is 0.0879. The van der Waals surface area contributed by atoms with Gasteiger partial charge in [-0.3, -0.25) is 24.5 Å². The third-order valence-corrected chi connectivity index (χ3v) is 7.14. The lowest BCUT2D eigenvalue weighted by Gasteiger charge is -2.29. The smallest absolute Gasteiger partial charge is 0.410 e. The lowest BCUT2D eigenvalue weighted by molar-refractivity contribution is -0.137. The zero-order valence-corrected chi connectivity index (χ0v) is 27.7. The number of piperidine rings is 1.